The van der Waals surface area contributed by atoms with E-state index in [0.717, 1.165) is 31.0 Å². The summed E-state index contributed by atoms with van der Waals surface area (Å²) >= 11 is 0. The van der Waals surface area contributed by atoms with Crippen LogP contribution in [0, 0.1) is 5.92 Å². The molecule has 3 heterocycles. The van der Waals surface area contributed by atoms with Crippen LogP contribution in [-0.2, 0) is 13.1 Å². The summed E-state index contributed by atoms with van der Waals surface area (Å²) < 4.78 is 7.74. The number of nitrogens with zero attached hydrogens (tertiary/aromatic N) is 6. The molecule has 7 nitrogen and oxygen atoms in total. The molecule has 0 aliphatic heterocycles. The van der Waals surface area contributed by atoms with Gasteiger partial charge < -0.3 is 4.42 Å². The summed E-state index contributed by atoms with van der Waals surface area (Å²) in [6.07, 6.45) is 10.3. The van der Waals surface area contributed by atoms with Crippen LogP contribution in [0.15, 0.2) is 47.3 Å². The van der Waals surface area contributed by atoms with Gasteiger partial charge in [0.1, 0.15) is 5.76 Å². The first-order valence-corrected chi connectivity index (χ1v) is 10.2. The van der Waals surface area contributed by atoms with Crippen molar-refractivity contribution in [3.8, 4) is 0 Å². The van der Waals surface area contributed by atoms with Gasteiger partial charge in [-0.1, -0.05) is 32.8 Å². The van der Waals surface area contributed by atoms with Crippen LogP contribution in [0.4, 0.5) is 0 Å². The summed E-state index contributed by atoms with van der Waals surface area (Å²) in [5.41, 5.74) is 1.17. The second-order valence-corrected chi connectivity index (χ2v) is 7.95. The van der Waals surface area contributed by atoms with Gasteiger partial charge in [0.2, 0.25) is 0 Å². The second-order valence-electron chi connectivity index (χ2n) is 7.95. The van der Waals surface area contributed by atoms with Crippen molar-refractivity contribution < 1.29 is 4.42 Å². The van der Waals surface area contributed by atoms with Crippen LogP contribution in [0.5, 0.6) is 0 Å². The zero-order valence-electron chi connectivity index (χ0n) is 16.6. The van der Waals surface area contributed by atoms with Gasteiger partial charge in [-0.3, -0.25) is 9.88 Å². The Kier molecular flexibility index (Phi) is 5.81. The first kappa shape index (κ1) is 18.8. The molecule has 0 N–H and O–H groups in total. The first-order valence-electron chi connectivity index (χ1n) is 10.2. The van der Waals surface area contributed by atoms with Crippen LogP contribution >= 0.6 is 0 Å². The van der Waals surface area contributed by atoms with Gasteiger partial charge in [-0.2, -0.15) is 0 Å². The molecule has 4 rings (SSSR count). The van der Waals surface area contributed by atoms with Crippen LogP contribution in [0.25, 0.3) is 0 Å². The summed E-state index contributed by atoms with van der Waals surface area (Å²) in [7, 11) is 0. The maximum absolute atomic E-state index is 5.66. The SMILES string of the molecule is CC(C)C(c1nnnn1C1CCCC1)N(Cc1cccnc1)Cc1ccco1. The van der Waals surface area contributed by atoms with Gasteiger partial charge in [0, 0.05) is 18.9 Å². The van der Waals surface area contributed by atoms with Gasteiger partial charge in [0.25, 0.3) is 0 Å². The Morgan fingerprint density at radius 2 is 2.04 bits per heavy atom. The van der Waals surface area contributed by atoms with E-state index in [1.807, 2.05) is 24.4 Å². The molecule has 1 saturated carbocycles. The molecule has 28 heavy (non-hydrogen) atoms. The number of hydrogen-bond acceptors (Lipinski definition) is 6. The number of aromatic nitrogens is 5. The Hall–Kier alpha value is -2.54. The highest BCUT2D eigenvalue weighted by molar-refractivity contribution is 5.11. The van der Waals surface area contributed by atoms with Crippen LogP contribution in [0.3, 0.4) is 0 Å². The van der Waals surface area contributed by atoms with Crippen molar-refractivity contribution >= 4 is 0 Å². The summed E-state index contributed by atoms with van der Waals surface area (Å²) in [5.74, 6) is 2.24. The molecule has 3 aromatic heterocycles. The lowest BCUT2D eigenvalue weighted by atomic mass is 10.00. The third-order valence-corrected chi connectivity index (χ3v) is 5.53. The maximum Gasteiger partial charge on any atom is 0.168 e. The van der Waals surface area contributed by atoms with Gasteiger partial charge in [-0.15, -0.1) is 5.10 Å². The molecule has 1 atom stereocenters. The van der Waals surface area contributed by atoms with Crippen molar-refractivity contribution in [2.24, 2.45) is 5.92 Å². The highest BCUT2D eigenvalue weighted by Gasteiger charge is 2.32. The lowest BCUT2D eigenvalue weighted by Gasteiger charge is -2.33. The topological polar surface area (TPSA) is 72.9 Å². The van der Waals surface area contributed by atoms with Crippen molar-refractivity contribution in [3.63, 3.8) is 0 Å². The van der Waals surface area contributed by atoms with Crippen molar-refractivity contribution in [1.82, 2.24) is 30.1 Å². The summed E-state index contributed by atoms with van der Waals surface area (Å²) in [6, 6.07) is 8.54. The van der Waals surface area contributed by atoms with E-state index in [4.69, 9.17) is 4.42 Å². The molecule has 0 bridgehead atoms. The molecule has 0 saturated heterocycles. The van der Waals surface area contributed by atoms with E-state index < -0.39 is 0 Å². The third-order valence-electron chi connectivity index (χ3n) is 5.53. The number of tetrazole rings is 1. The Labute approximate surface area is 165 Å². The number of rotatable bonds is 8. The fraction of sp³-hybridized carbons (Fsp3) is 0.524. The highest BCUT2D eigenvalue weighted by atomic mass is 16.3. The van der Waals surface area contributed by atoms with Crippen molar-refractivity contribution in [2.45, 2.75) is 64.7 Å². The molecule has 0 spiro atoms. The molecule has 0 amide bonds. The quantitative estimate of drug-likeness (QED) is 0.584. The fourth-order valence-corrected chi connectivity index (χ4v) is 4.27. The minimum atomic E-state index is 0.0842. The molecule has 7 heteroatoms. The van der Waals surface area contributed by atoms with Crippen LogP contribution in [0.2, 0.25) is 0 Å². The fourth-order valence-electron chi connectivity index (χ4n) is 4.27. The molecular weight excluding hydrogens is 352 g/mol. The minimum Gasteiger partial charge on any atom is -0.468 e. The average molecular weight is 380 g/mol. The van der Waals surface area contributed by atoms with E-state index in [0.29, 0.717) is 18.5 Å². The Morgan fingerprint density at radius 3 is 2.71 bits per heavy atom. The molecule has 148 valence electrons. The highest BCUT2D eigenvalue weighted by Crippen LogP contribution is 2.35. The van der Waals surface area contributed by atoms with Crippen molar-refractivity contribution in [2.75, 3.05) is 0 Å². The molecule has 1 unspecified atom stereocenters. The smallest absolute Gasteiger partial charge is 0.168 e. The van der Waals surface area contributed by atoms with Gasteiger partial charge in [-0.05, 0) is 52.9 Å². The number of furan rings is 1. The Bertz CT molecular complexity index is 839. The lowest BCUT2D eigenvalue weighted by Crippen LogP contribution is -2.34. The molecule has 3 aromatic rings. The largest absolute Gasteiger partial charge is 0.468 e. The average Bonchev–Trinajstić information content (AvgIpc) is 3.45. The summed E-state index contributed by atoms with van der Waals surface area (Å²) in [5, 5.41) is 12.9. The standard InChI is InChI=1S/C21H28N6O/c1-16(2)20(21-23-24-25-27(21)18-8-3-4-9-18)26(15-19-10-6-12-28-19)14-17-7-5-11-22-13-17/h5-7,10-13,16,18,20H,3-4,8-9,14-15H2,1-2H3. The van der Waals surface area contributed by atoms with Crippen LogP contribution < -0.4 is 0 Å². The first-order chi connectivity index (χ1) is 13.7. The predicted octanol–water partition coefficient (Wildman–Crippen LogP) is 4.18. The van der Waals surface area contributed by atoms with E-state index in [-0.39, 0.29) is 6.04 Å². The normalized spacial score (nSPS) is 16.3. The van der Waals surface area contributed by atoms with Gasteiger partial charge in [0.05, 0.1) is 24.9 Å². The van der Waals surface area contributed by atoms with Crippen LogP contribution in [0.1, 0.15) is 68.8 Å². The van der Waals surface area contributed by atoms with E-state index in [9.17, 15) is 0 Å². The van der Waals surface area contributed by atoms with Gasteiger partial charge >= 0.3 is 0 Å². The Morgan fingerprint density at radius 1 is 1.18 bits per heavy atom. The predicted molar refractivity (Wildman–Crippen MR) is 105 cm³/mol. The van der Waals surface area contributed by atoms with Crippen molar-refractivity contribution in [1.29, 1.82) is 0 Å². The molecular formula is C21H28N6O. The monoisotopic (exact) mass is 380 g/mol. The zero-order valence-corrected chi connectivity index (χ0v) is 16.6. The van der Waals surface area contributed by atoms with Gasteiger partial charge in [0.15, 0.2) is 5.82 Å². The summed E-state index contributed by atoms with van der Waals surface area (Å²) in [6.45, 7) is 5.92. The third kappa shape index (κ3) is 4.14. The second kappa shape index (κ2) is 8.65. The van der Waals surface area contributed by atoms with E-state index in [1.54, 1.807) is 12.5 Å². The number of hydrogen-bond donors (Lipinski definition) is 0. The van der Waals surface area contributed by atoms with E-state index in [1.165, 1.54) is 18.4 Å². The van der Waals surface area contributed by atoms with Gasteiger partial charge in [-0.25, -0.2) is 4.68 Å². The maximum atomic E-state index is 5.66. The van der Waals surface area contributed by atoms with E-state index in [2.05, 4.69) is 50.0 Å². The minimum absolute atomic E-state index is 0.0842. The zero-order chi connectivity index (χ0) is 19.3. The number of pyridine rings is 1. The van der Waals surface area contributed by atoms with E-state index >= 15 is 0 Å². The van der Waals surface area contributed by atoms with Crippen LogP contribution in [-0.4, -0.2) is 30.1 Å². The lowest BCUT2D eigenvalue weighted by molar-refractivity contribution is 0.114. The molecule has 0 aromatic carbocycles. The van der Waals surface area contributed by atoms with Crippen molar-refractivity contribution in [3.05, 3.63) is 60.1 Å². The molecule has 1 aliphatic rings. The molecule has 1 aliphatic carbocycles. The molecule has 1 fully saturated rings. The Balaban J connectivity index is 1.67. The molecule has 0 radical (unpaired) electrons. The summed E-state index contributed by atoms with van der Waals surface area (Å²) in [4.78, 5) is 6.69.